The molecule has 0 atom stereocenters. The van der Waals surface area contributed by atoms with Gasteiger partial charge >= 0.3 is 5.97 Å². The molecule has 21 heavy (non-hydrogen) atoms. The van der Waals surface area contributed by atoms with Crippen molar-refractivity contribution in [3.05, 3.63) is 71.2 Å². The van der Waals surface area contributed by atoms with E-state index >= 15 is 0 Å². The summed E-state index contributed by atoms with van der Waals surface area (Å²) in [7, 11) is 1.51. The van der Waals surface area contributed by atoms with Crippen LogP contribution in [0.5, 0.6) is 0 Å². The Bertz CT molecular complexity index is 643. The topological polar surface area (TPSA) is 82.4 Å². The number of allylic oxidation sites excluding steroid dienone is 4. The van der Waals surface area contributed by atoms with E-state index in [1.807, 2.05) is 30.3 Å². The number of likely N-dealkylation sites (N-methyl/N-ethyl adjacent to an activating group) is 1. The molecule has 5 nitrogen and oxygen atoms in total. The fourth-order valence-electron chi connectivity index (χ4n) is 1.92. The molecule has 0 bridgehead atoms. The van der Waals surface area contributed by atoms with E-state index in [-0.39, 0.29) is 11.4 Å². The van der Waals surface area contributed by atoms with Crippen LogP contribution in [0.3, 0.4) is 0 Å². The maximum atomic E-state index is 11.2. The monoisotopic (exact) mass is 284 g/mol. The highest BCUT2D eigenvalue weighted by Crippen LogP contribution is 2.18. The molecule has 0 aromatic heterocycles. The molecule has 0 spiro atoms. The molecule has 2 rings (SSSR count). The normalized spacial score (nSPS) is 16.2. The second-order valence-electron chi connectivity index (χ2n) is 4.41. The highest BCUT2D eigenvalue weighted by molar-refractivity contribution is 6.13. The van der Waals surface area contributed by atoms with Gasteiger partial charge in [-0.3, -0.25) is 0 Å². The molecule has 5 heteroatoms. The van der Waals surface area contributed by atoms with Crippen LogP contribution in [-0.2, 0) is 16.1 Å². The Balaban J connectivity index is 2.19. The fourth-order valence-corrected chi connectivity index (χ4v) is 1.92. The first-order valence-electron chi connectivity index (χ1n) is 6.42. The van der Waals surface area contributed by atoms with Crippen molar-refractivity contribution >= 4 is 11.7 Å². The Hall–Kier alpha value is -2.82. The molecule has 0 fully saturated rings. The van der Waals surface area contributed by atoms with Crippen molar-refractivity contribution in [2.24, 2.45) is 0 Å². The number of hydrogen-bond acceptors (Lipinski definition) is 4. The minimum absolute atomic E-state index is 0.0230. The van der Waals surface area contributed by atoms with E-state index in [2.05, 4.69) is 5.32 Å². The summed E-state index contributed by atoms with van der Waals surface area (Å²) < 4.78 is 5.64. The summed E-state index contributed by atoms with van der Waals surface area (Å²) in [5.74, 6) is -0.579. The molecule has 0 aliphatic heterocycles. The summed E-state index contributed by atoms with van der Waals surface area (Å²) in [6.07, 6.45) is 4.74. The Morgan fingerprint density at radius 2 is 2.00 bits per heavy atom. The molecular formula is C16H16N2O3. The highest BCUT2D eigenvalue weighted by atomic mass is 16.5. The maximum Gasteiger partial charge on any atom is 0.352 e. The zero-order valence-electron chi connectivity index (χ0n) is 11.6. The van der Waals surface area contributed by atoms with Crippen LogP contribution in [0, 0.1) is 5.41 Å². The van der Waals surface area contributed by atoms with Gasteiger partial charge in [-0.2, -0.15) is 0 Å². The molecule has 0 saturated carbocycles. The molecule has 1 aromatic rings. The van der Waals surface area contributed by atoms with E-state index < -0.39 is 5.97 Å². The largest absolute Gasteiger partial charge is 0.489 e. The van der Waals surface area contributed by atoms with Crippen LogP contribution < -0.4 is 5.32 Å². The molecule has 108 valence electrons. The third-order valence-corrected chi connectivity index (χ3v) is 2.97. The Morgan fingerprint density at radius 3 is 2.62 bits per heavy atom. The second kappa shape index (κ2) is 6.56. The van der Waals surface area contributed by atoms with Gasteiger partial charge in [0.15, 0.2) is 0 Å². The molecule has 1 aromatic carbocycles. The lowest BCUT2D eigenvalue weighted by molar-refractivity contribution is -0.133. The summed E-state index contributed by atoms with van der Waals surface area (Å²) in [5, 5.41) is 19.5. The number of carbonyl (C=O) groups is 1. The zero-order valence-corrected chi connectivity index (χ0v) is 11.6. The molecule has 1 aliphatic carbocycles. The number of rotatable bonds is 5. The van der Waals surface area contributed by atoms with Crippen molar-refractivity contribution in [2.45, 2.75) is 6.61 Å². The molecule has 0 unspecified atom stereocenters. The van der Waals surface area contributed by atoms with Crippen LogP contribution in [0.25, 0.3) is 0 Å². The molecule has 3 N–H and O–H groups in total. The van der Waals surface area contributed by atoms with Crippen LogP contribution >= 0.6 is 0 Å². The van der Waals surface area contributed by atoms with Crippen molar-refractivity contribution in [3.63, 3.8) is 0 Å². The van der Waals surface area contributed by atoms with Crippen molar-refractivity contribution in [3.8, 4) is 0 Å². The third kappa shape index (κ3) is 3.60. The quantitative estimate of drug-likeness (QED) is 0.724. The van der Waals surface area contributed by atoms with E-state index in [1.54, 1.807) is 12.2 Å². The van der Waals surface area contributed by atoms with E-state index in [9.17, 15) is 4.79 Å². The first-order chi connectivity index (χ1) is 10.1. The van der Waals surface area contributed by atoms with E-state index in [4.69, 9.17) is 15.3 Å². The number of hydrogen-bond donors (Lipinski definition) is 3. The molecule has 0 amide bonds. The molecule has 1 aliphatic rings. The average molecular weight is 284 g/mol. The van der Waals surface area contributed by atoms with Gasteiger partial charge in [-0.1, -0.05) is 30.3 Å². The average Bonchev–Trinajstić information content (AvgIpc) is 2.49. The first-order valence-corrected chi connectivity index (χ1v) is 6.42. The number of ether oxygens (including phenoxy) is 1. The van der Waals surface area contributed by atoms with Crippen LogP contribution in [0.2, 0.25) is 0 Å². The number of benzene rings is 1. The predicted molar refractivity (Wildman–Crippen MR) is 79.9 cm³/mol. The van der Waals surface area contributed by atoms with Gasteiger partial charge in [0, 0.05) is 12.6 Å². The summed E-state index contributed by atoms with van der Waals surface area (Å²) in [5.41, 5.74) is 1.43. The number of carboxylic acids is 1. The fraction of sp³-hybridized carbons (Fsp3) is 0.125. The molecule has 0 heterocycles. The van der Waals surface area contributed by atoms with Crippen LogP contribution in [-0.4, -0.2) is 23.8 Å². The van der Waals surface area contributed by atoms with Gasteiger partial charge in [-0.15, -0.1) is 0 Å². The summed E-state index contributed by atoms with van der Waals surface area (Å²) in [6, 6.07) is 9.67. The van der Waals surface area contributed by atoms with E-state index in [1.165, 1.54) is 13.1 Å². The highest BCUT2D eigenvalue weighted by Gasteiger charge is 2.17. The Morgan fingerprint density at radius 1 is 1.29 bits per heavy atom. The smallest absolute Gasteiger partial charge is 0.352 e. The van der Waals surface area contributed by atoms with Crippen molar-refractivity contribution in [1.82, 2.24) is 5.32 Å². The van der Waals surface area contributed by atoms with Crippen LogP contribution in [0.15, 0.2) is 65.6 Å². The molecule has 0 saturated heterocycles. The van der Waals surface area contributed by atoms with Gasteiger partial charge in [0.25, 0.3) is 0 Å². The Labute approximate surface area is 122 Å². The van der Waals surface area contributed by atoms with Gasteiger partial charge in [-0.05, 0) is 23.8 Å². The molecule has 0 radical (unpaired) electrons. The third-order valence-electron chi connectivity index (χ3n) is 2.97. The lowest BCUT2D eigenvalue weighted by Crippen LogP contribution is -2.21. The predicted octanol–water partition coefficient (Wildman–Crippen LogP) is 2.23. The zero-order chi connectivity index (χ0) is 15.2. The van der Waals surface area contributed by atoms with Crippen molar-refractivity contribution in [2.75, 3.05) is 7.05 Å². The summed E-state index contributed by atoms with van der Waals surface area (Å²) >= 11 is 0. The van der Waals surface area contributed by atoms with Crippen molar-refractivity contribution < 1.29 is 14.6 Å². The second-order valence-corrected chi connectivity index (χ2v) is 4.41. The minimum Gasteiger partial charge on any atom is -0.489 e. The van der Waals surface area contributed by atoms with Gasteiger partial charge in [0.1, 0.15) is 18.1 Å². The van der Waals surface area contributed by atoms with E-state index in [0.717, 1.165) is 5.56 Å². The van der Waals surface area contributed by atoms with Crippen LogP contribution in [0.4, 0.5) is 0 Å². The summed E-state index contributed by atoms with van der Waals surface area (Å²) in [4.78, 5) is 11.2. The SMILES string of the molecule is CN/C(C(=O)O)=C1/C=C(OCc2ccccc2)C=CC1=N. The lowest BCUT2D eigenvalue weighted by Gasteiger charge is -2.14. The van der Waals surface area contributed by atoms with Gasteiger partial charge < -0.3 is 20.6 Å². The number of aliphatic carboxylic acids is 1. The first kappa shape index (κ1) is 14.6. The van der Waals surface area contributed by atoms with E-state index in [0.29, 0.717) is 17.9 Å². The standard InChI is InChI=1S/C16H16N2O3/c1-18-15(16(19)20)13-9-12(7-8-14(13)17)21-10-11-5-3-2-4-6-11/h2-9,17-18H,10H2,1H3,(H,19,20)/b15-13-,17-14?. The lowest BCUT2D eigenvalue weighted by atomic mass is 10.0. The van der Waals surface area contributed by atoms with Gasteiger partial charge in [0.2, 0.25) is 0 Å². The van der Waals surface area contributed by atoms with Gasteiger partial charge in [0.05, 0.1) is 5.71 Å². The number of nitrogens with one attached hydrogen (secondary N) is 2. The maximum absolute atomic E-state index is 11.2. The molecular weight excluding hydrogens is 268 g/mol. The summed E-state index contributed by atoms with van der Waals surface area (Å²) in [6.45, 7) is 0.388. The minimum atomic E-state index is -1.11. The Kier molecular flexibility index (Phi) is 4.56. The number of carboxylic acid groups (broad SMARTS) is 1. The van der Waals surface area contributed by atoms with Crippen molar-refractivity contribution in [1.29, 1.82) is 5.41 Å². The van der Waals surface area contributed by atoms with Gasteiger partial charge in [-0.25, -0.2) is 4.79 Å². The van der Waals surface area contributed by atoms with Crippen LogP contribution in [0.1, 0.15) is 5.56 Å².